The van der Waals surface area contributed by atoms with E-state index >= 15 is 0 Å². The third kappa shape index (κ3) is 4.27. The van der Waals surface area contributed by atoms with Crippen molar-refractivity contribution in [1.82, 2.24) is 4.90 Å². The van der Waals surface area contributed by atoms with Crippen LogP contribution in [-0.2, 0) is 4.74 Å². The van der Waals surface area contributed by atoms with Crippen LogP contribution >= 0.6 is 0 Å². The molecule has 0 saturated carbocycles. The fourth-order valence-electron chi connectivity index (χ4n) is 2.11. The molecule has 3 nitrogen and oxygen atoms in total. The Labute approximate surface area is 93.2 Å². The summed E-state index contributed by atoms with van der Waals surface area (Å²) in [4.78, 5) is 1.22. The highest BCUT2D eigenvalue weighted by atomic mass is 19.4. The van der Waals surface area contributed by atoms with Gasteiger partial charge < -0.3 is 9.84 Å². The Morgan fingerprint density at radius 1 is 1.31 bits per heavy atom. The second-order valence-electron chi connectivity index (χ2n) is 4.56. The van der Waals surface area contributed by atoms with Gasteiger partial charge in [0.15, 0.2) is 0 Å². The molecule has 1 aliphatic rings. The SMILES string of the molecule is CN(CC(F)(F)F)CC1(CO)CCOCC1. The minimum Gasteiger partial charge on any atom is -0.396 e. The third-order valence-electron chi connectivity index (χ3n) is 2.94. The van der Waals surface area contributed by atoms with Gasteiger partial charge in [-0.05, 0) is 19.9 Å². The van der Waals surface area contributed by atoms with Crippen LogP contribution in [0.4, 0.5) is 13.2 Å². The lowest BCUT2D eigenvalue weighted by molar-refractivity contribution is -0.149. The van der Waals surface area contributed by atoms with Crippen molar-refractivity contribution in [3.05, 3.63) is 0 Å². The Morgan fingerprint density at radius 3 is 2.31 bits per heavy atom. The van der Waals surface area contributed by atoms with Crippen molar-refractivity contribution in [2.45, 2.75) is 19.0 Å². The Kier molecular flexibility index (Phi) is 4.58. The summed E-state index contributed by atoms with van der Waals surface area (Å²) in [5.74, 6) is 0. The van der Waals surface area contributed by atoms with E-state index in [1.807, 2.05) is 0 Å². The Balaban J connectivity index is 2.48. The molecule has 0 aromatic heterocycles. The molecule has 0 spiro atoms. The molecule has 6 heteroatoms. The average Bonchev–Trinajstić information content (AvgIpc) is 2.16. The van der Waals surface area contributed by atoms with Gasteiger partial charge in [-0.1, -0.05) is 0 Å². The first-order chi connectivity index (χ1) is 7.37. The summed E-state index contributed by atoms with van der Waals surface area (Å²) in [5, 5.41) is 9.33. The summed E-state index contributed by atoms with van der Waals surface area (Å²) >= 11 is 0. The molecule has 1 rings (SSSR count). The standard InChI is InChI=1S/C10H18F3NO2/c1-14(7-10(11,12)13)6-9(8-15)2-4-16-5-3-9/h15H,2-8H2,1H3. The molecule has 1 fully saturated rings. The largest absolute Gasteiger partial charge is 0.401 e. The summed E-state index contributed by atoms with van der Waals surface area (Å²) in [5.41, 5.74) is -0.432. The number of rotatable bonds is 4. The van der Waals surface area contributed by atoms with Crippen LogP contribution in [0.3, 0.4) is 0 Å². The molecule has 0 amide bonds. The van der Waals surface area contributed by atoms with E-state index in [9.17, 15) is 18.3 Å². The van der Waals surface area contributed by atoms with Crippen molar-refractivity contribution < 1.29 is 23.0 Å². The van der Waals surface area contributed by atoms with Crippen molar-refractivity contribution in [2.75, 3.05) is 40.0 Å². The highest BCUT2D eigenvalue weighted by Gasteiger charge is 2.36. The molecule has 1 saturated heterocycles. The van der Waals surface area contributed by atoms with Crippen LogP contribution in [0.2, 0.25) is 0 Å². The van der Waals surface area contributed by atoms with Gasteiger partial charge in [0.25, 0.3) is 0 Å². The van der Waals surface area contributed by atoms with Crippen molar-refractivity contribution in [1.29, 1.82) is 0 Å². The number of hydrogen-bond acceptors (Lipinski definition) is 3. The summed E-state index contributed by atoms with van der Waals surface area (Å²) in [6.45, 7) is 0.265. The van der Waals surface area contributed by atoms with Gasteiger partial charge in [-0.25, -0.2) is 0 Å². The molecule has 16 heavy (non-hydrogen) atoms. The van der Waals surface area contributed by atoms with Gasteiger partial charge >= 0.3 is 6.18 Å². The zero-order valence-corrected chi connectivity index (χ0v) is 9.39. The van der Waals surface area contributed by atoms with Crippen LogP contribution in [0.15, 0.2) is 0 Å². The van der Waals surface area contributed by atoms with E-state index in [1.165, 1.54) is 11.9 Å². The van der Waals surface area contributed by atoms with Gasteiger partial charge in [0, 0.05) is 25.2 Å². The van der Waals surface area contributed by atoms with E-state index in [-0.39, 0.29) is 13.2 Å². The zero-order valence-electron chi connectivity index (χ0n) is 9.39. The lowest BCUT2D eigenvalue weighted by Gasteiger charge is -2.38. The molecular formula is C10H18F3NO2. The van der Waals surface area contributed by atoms with Gasteiger partial charge in [-0.3, -0.25) is 4.90 Å². The van der Waals surface area contributed by atoms with Crippen LogP contribution in [0.5, 0.6) is 0 Å². The number of hydrogen-bond donors (Lipinski definition) is 1. The molecule has 0 aliphatic carbocycles. The van der Waals surface area contributed by atoms with Crippen LogP contribution in [0.1, 0.15) is 12.8 Å². The van der Waals surface area contributed by atoms with E-state index in [4.69, 9.17) is 4.74 Å². The quantitative estimate of drug-likeness (QED) is 0.804. The van der Waals surface area contributed by atoms with Crippen LogP contribution in [-0.4, -0.2) is 56.1 Å². The first-order valence-corrected chi connectivity index (χ1v) is 5.31. The van der Waals surface area contributed by atoms with E-state index in [0.717, 1.165) is 0 Å². The molecule has 0 aromatic rings. The van der Waals surface area contributed by atoms with Gasteiger partial charge in [0.2, 0.25) is 0 Å². The third-order valence-corrected chi connectivity index (χ3v) is 2.94. The first kappa shape index (κ1) is 13.7. The number of alkyl halides is 3. The number of aliphatic hydroxyl groups excluding tert-OH is 1. The Bertz CT molecular complexity index is 215. The maximum Gasteiger partial charge on any atom is 0.401 e. The number of halogens is 3. The summed E-state index contributed by atoms with van der Waals surface area (Å²) in [6, 6.07) is 0. The smallest absolute Gasteiger partial charge is 0.396 e. The second-order valence-corrected chi connectivity index (χ2v) is 4.56. The molecule has 96 valence electrons. The van der Waals surface area contributed by atoms with Gasteiger partial charge in [0.05, 0.1) is 13.2 Å². The number of aliphatic hydroxyl groups is 1. The summed E-state index contributed by atoms with van der Waals surface area (Å²) in [7, 11) is 1.43. The minimum atomic E-state index is -4.18. The van der Waals surface area contributed by atoms with Crippen LogP contribution in [0.25, 0.3) is 0 Å². The van der Waals surface area contributed by atoms with Crippen molar-refractivity contribution in [2.24, 2.45) is 5.41 Å². The molecule has 1 N–H and O–H groups in total. The van der Waals surface area contributed by atoms with Gasteiger partial charge in [0.1, 0.15) is 0 Å². The lowest BCUT2D eigenvalue weighted by Crippen LogP contribution is -2.45. The first-order valence-electron chi connectivity index (χ1n) is 5.31. The minimum absolute atomic E-state index is 0.0848. The van der Waals surface area contributed by atoms with E-state index < -0.39 is 18.1 Å². The molecule has 1 heterocycles. The molecular weight excluding hydrogens is 223 g/mol. The Hall–Kier alpha value is -0.330. The maximum absolute atomic E-state index is 12.2. The lowest BCUT2D eigenvalue weighted by atomic mass is 9.80. The van der Waals surface area contributed by atoms with Crippen molar-refractivity contribution in [3.63, 3.8) is 0 Å². The molecule has 0 aromatic carbocycles. The zero-order chi connectivity index (χ0) is 12.2. The topological polar surface area (TPSA) is 32.7 Å². The van der Waals surface area contributed by atoms with Crippen LogP contribution in [0, 0.1) is 5.41 Å². The van der Waals surface area contributed by atoms with Crippen LogP contribution < -0.4 is 0 Å². The molecule has 0 atom stereocenters. The molecule has 1 aliphatic heterocycles. The monoisotopic (exact) mass is 241 g/mol. The molecule has 0 unspecified atom stereocenters. The summed E-state index contributed by atoms with van der Waals surface area (Å²) in [6.07, 6.45) is -2.95. The van der Waals surface area contributed by atoms with Crippen molar-refractivity contribution >= 4 is 0 Å². The average molecular weight is 241 g/mol. The predicted octanol–water partition coefficient (Wildman–Crippen LogP) is 1.27. The molecule has 0 bridgehead atoms. The van der Waals surface area contributed by atoms with E-state index in [0.29, 0.717) is 26.1 Å². The second kappa shape index (κ2) is 5.33. The highest BCUT2D eigenvalue weighted by Crippen LogP contribution is 2.31. The van der Waals surface area contributed by atoms with E-state index in [2.05, 4.69) is 0 Å². The number of ether oxygens (including phenoxy) is 1. The highest BCUT2D eigenvalue weighted by molar-refractivity contribution is 4.84. The molecule has 0 radical (unpaired) electrons. The Morgan fingerprint density at radius 2 is 1.88 bits per heavy atom. The summed E-state index contributed by atoms with van der Waals surface area (Å²) < 4.78 is 41.6. The van der Waals surface area contributed by atoms with E-state index in [1.54, 1.807) is 0 Å². The normalized spacial score (nSPS) is 21.4. The predicted molar refractivity (Wildman–Crippen MR) is 53.1 cm³/mol. The van der Waals surface area contributed by atoms with Crippen molar-refractivity contribution in [3.8, 4) is 0 Å². The maximum atomic E-state index is 12.2. The number of nitrogens with zero attached hydrogens (tertiary/aromatic N) is 1. The fraction of sp³-hybridized carbons (Fsp3) is 1.00. The van der Waals surface area contributed by atoms with Gasteiger partial charge in [-0.2, -0.15) is 13.2 Å². The van der Waals surface area contributed by atoms with Gasteiger partial charge in [-0.15, -0.1) is 0 Å². The fourth-order valence-corrected chi connectivity index (χ4v) is 2.11.